The van der Waals surface area contributed by atoms with Crippen molar-refractivity contribution in [3.8, 4) is 11.5 Å². The third-order valence-corrected chi connectivity index (χ3v) is 7.97. The van der Waals surface area contributed by atoms with E-state index in [0.717, 1.165) is 28.3 Å². The minimum atomic E-state index is -3.82. The highest BCUT2D eigenvalue weighted by molar-refractivity contribution is 7.92. The fourth-order valence-corrected chi connectivity index (χ4v) is 5.09. The summed E-state index contributed by atoms with van der Waals surface area (Å²) >= 11 is 0. The number of anilines is 1. The first-order chi connectivity index (χ1) is 17.7. The SMILES string of the molecule is CCCCNC(=O)[C@@H](C)N(Cc1cccc(C)c1)C(=O)CN(c1ccc2c(c1)OCCO2)S(=O)(=O)CC. The highest BCUT2D eigenvalue weighted by atomic mass is 32.2. The number of nitrogens with zero attached hydrogens (tertiary/aromatic N) is 2. The average Bonchev–Trinajstić information content (AvgIpc) is 2.89. The maximum atomic E-state index is 13.7. The molecule has 0 radical (unpaired) electrons. The summed E-state index contributed by atoms with van der Waals surface area (Å²) < 4.78 is 38.5. The molecule has 2 amide bonds. The zero-order valence-corrected chi connectivity index (χ0v) is 22.8. The van der Waals surface area contributed by atoms with Gasteiger partial charge < -0.3 is 19.7 Å². The van der Waals surface area contributed by atoms with Crippen LogP contribution in [0, 0.1) is 6.92 Å². The summed E-state index contributed by atoms with van der Waals surface area (Å²) in [6.45, 7) is 8.17. The maximum Gasteiger partial charge on any atom is 0.244 e. The van der Waals surface area contributed by atoms with Crippen molar-refractivity contribution in [3.05, 3.63) is 53.6 Å². The normalized spacial score (nSPS) is 13.5. The van der Waals surface area contributed by atoms with Crippen molar-refractivity contribution in [1.82, 2.24) is 10.2 Å². The van der Waals surface area contributed by atoms with Gasteiger partial charge in [-0.25, -0.2) is 8.42 Å². The monoisotopic (exact) mass is 531 g/mol. The van der Waals surface area contributed by atoms with Gasteiger partial charge in [0.1, 0.15) is 25.8 Å². The van der Waals surface area contributed by atoms with Crippen LogP contribution in [-0.4, -0.2) is 63.2 Å². The lowest BCUT2D eigenvalue weighted by molar-refractivity contribution is -0.139. The van der Waals surface area contributed by atoms with Crippen LogP contribution < -0.4 is 19.1 Å². The highest BCUT2D eigenvalue weighted by Crippen LogP contribution is 2.35. The molecule has 3 rings (SSSR count). The second kappa shape index (κ2) is 12.8. The van der Waals surface area contributed by atoms with Crippen molar-refractivity contribution in [2.45, 2.75) is 53.1 Å². The predicted molar refractivity (Wildman–Crippen MR) is 143 cm³/mol. The second-order valence-electron chi connectivity index (χ2n) is 9.07. The quantitative estimate of drug-likeness (QED) is 0.422. The number of amides is 2. The van der Waals surface area contributed by atoms with Crippen LogP contribution in [0.15, 0.2) is 42.5 Å². The minimum absolute atomic E-state index is 0.171. The summed E-state index contributed by atoms with van der Waals surface area (Å²) in [5.41, 5.74) is 2.18. The van der Waals surface area contributed by atoms with Gasteiger partial charge in [-0.05, 0) is 44.9 Å². The Morgan fingerprint density at radius 1 is 1.05 bits per heavy atom. The molecule has 0 bridgehead atoms. The number of benzene rings is 2. The van der Waals surface area contributed by atoms with Crippen LogP contribution in [0.25, 0.3) is 0 Å². The van der Waals surface area contributed by atoms with E-state index in [1.54, 1.807) is 25.1 Å². The number of ether oxygens (including phenoxy) is 2. The molecule has 0 saturated heterocycles. The van der Waals surface area contributed by atoms with Gasteiger partial charge >= 0.3 is 0 Å². The van der Waals surface area contributed by atoms with Gasteiger partial charge in [-0.1, -0.05) is 43.2 Å². The van der Waals surface area contributed by atoms with E-state index >= 15 is 0 Å². The molecule has 0 aliphatic carbocycles. The van der Waals surface area contributed by atoms with E-state index < -0.39 is 28.5 Å². The third-order valence-electron chi connectivity index (χ3n) is 6.23. The van der Waals surface area contributed by atoms with E-state index in [-0.39, 0.29) is 18.2 Å². The van der Waals surface area contributed by atoms with Crippen molar-refractivity contribution < 1.29 is 27.5 Å². The van der Waals surface area contributed by atoms with Gasteiger partial charge in [0.15, 0.2) is 11.5 Å². The summed E-state index contributed by atoms with van der Waals surface area (Å²) in [4.78, 5) is 28.1. The van der Waals surface area contributed by atoms with Crippen LogP contribution in [0.2, 0.25) is 0 Å². The molecule has 0 fully saturated rings. The van der Waals surface area contributed by atoms with Gasteiger partial charge in [-0.15, -0.1) is 0 Å². The first kappa shape index (κ1) is 28.3. The fraction of sp³-hybridized carbons (Fsp3) is 0.481. The minimum Gasteiger partial charge on any atom is -0.486 e. The van der Waals surface area contributed by atoms with Crippen molar-refractivity contribution >= 4 is 27.5 Å². The summed E-state index contributed by atoms with van der Waals surface area (Å²) in [6.07, 6.45) is 1.76. The lowest BCUT2D eigenvalue weighted by Gasteiger charge is -2.32. The van der Waals surface area contributed by atoms with Crippen molar-refractivity contribution in [1.29, 1.82) is 0 Å². The Bertz CT molecular complexity index is 1200. The van der Waals surface area contributed by atoms with E-state index in [2.05, 4.69) is 5.32 Å². The van der Waals surface area contributed by atoms with Crippen molar-refractivity contribution in [2.75, 3.05) is 36.4 Å². The topological polar surface area (TPSA) is 105 Å². The molecule has 10 heteroatoms. The van der Waals surface area contributed by atoms with Crippen LogP contribution in [0.1, 0.15) is 44.7 Å². The Morgan fingerprint density at radius 3 is 2.46 bits per heavy atom. The zero-order chi connectivity index (χ0) is 27.0. The molecule has 1 heterocycles. The molecule has 202 valence electrons. The molecule has 0 aromatic heterocycles. The molecule has 2 aromatic rings. The van der Waals surface area contributed by atoms with E-state index in [1.165, 1.54) is 11.8 Å². The smallest absolute Gasteiger partial charge is 0.244 e. The number of hydrogen-bond acceptors (Lipinski definition) is 6. The Labute approximate surface area is 219 Å². The van der Waals surface area contributed by atoms with E-state index in [4.69, 9.17) is 9.47 Å². The summed E-state index contributed by atoms with van der Waals surface area (Å²) in [5.74, 6) is -0.00807. The Morgan fingerprint density at radius 2 is 1.78 bits per heavy atom. The number of aryl methyl sites for hydroxylation is 1. The largest absolute Gasteiger partial charge is 0.486 e. The number of sulfonamides is 1. The summed E-state index contributed by atoms with van der Waals surface area (Å²) in [5, 5.41) is 2.88. The number of carbonyl (C=O) groups is 2. The van der Waals surface area contributed by atoms with Gasteiger partial charge in [0.05, 0.1) is 11.4 Å². The molecule has 0 spiro atoms. The molecule has 9 nitrogen and oxygen atoms in total. The zero-order valence-electron chi connectivity index (χ0n) is 22.0. The molecule has 1 N–H and O–H groups in total. The number of rotatable bonds is 12. The van der Waals surface area contributed by atoms with Gasteiger partial charge in [-0.3, -0.25) is 13.9 Å². The molecule has 0 unspecified atom stereocenters. The van der Waals surface area contributed by atoms with Gasteiger partial charge in [0.2, 0.25) is 21.8 Å². The number of carbonyl (C=O) groups excluding carboxylic acids is 2. The summed E-state index contributed by atoms with van der Waals surface area (Å²) in [7, 11) is -3.82. The van der Waals surface area contributed by atoms with Crippen LogP contribution in [0.3, 0.4) is 0 Å². The first-order valence-electron chi connectivity index (χ1n) is 12.7. The molecule has 1 aliphatic rings. The Hall–Kier alpha value is -3.27. The molecular weight excluding hydrogens is 494 g/mol. The second-order valence-corrected chi connectivity index (χ2v) is 11.2. The third kappa shape index (κ3) is 7.38. The fourth-order valence-electron chi connectivity index (χ4n) is 4.03. The van der Waals surface area contributed by atoms with Gasteiger partial charge in [0.25, 0.3) is 0 Å². The maximum absolute atomic E-state index is 13.7. The molecule has 37 heavy (non-hydrogen) atoms. The molecule has 1 aliphatic heterocycles. The van der Waals surface area contributed by atoms with Crippen LogP contribution in [0.4, 0.5) is 5.69 Å². The summed E-state index contributed by atoms with van der Waals surface area (Å²) in [6, 6.07) is 11.7. The van der Waals surface area contributed by atoms with Gasteiger partial charge in [0, 0.05) is 19.2 Å². The van der Waals surface area contributed by atoms with E-state index in [1.807, 2.05) is 38.1 Å². The molecule has 0 saturated carbocycles. The lowest BCUT2D eigenvalue weighted by atomic mass is 10.1. The standard InChI is InChI=1S/C27H37N3O6S/c1-5-7-13-28-27(32)21(4)29(18-22-10-8-9-20(3)16-22)26(31)19-30(37(33,34)6-2)23-11-12-24-25(17-23)36-15-14-35-24/h8-12,16-17,21H,5-7,13-15,18-19H2,1-4H3,(H,28,32)/t21-/m1/s1. The van der Waals surface area contributed by atoms with Gasteiger partial charge in [-0.2, -0.15) is 0 Å². The number of hydrogen-bond donors (Lipinski definition) is 1. The van der Waals surface area contributed by atoms with Crippen LogP contribution in [-0.2, 0) is 26.2 Å². The molecular formula is C27H37N3O6S. The highest BCUT2D eigenvalue weighted by Gasteiger charge is 2.31. The van der Waals surface area contributed by atoms with E-state index in [0.29, 0.717) is 36.9 Å². The number of fused-ring (bicyclic) bond motifs is 1. The number of nitrogens with one attached hydrogen (secondary N) is 1. The Kier molecular flexibility index (Phi) is 9.79. The van der Waals surface area contributed by atoms with E-state index in [9.17, 15) is 18.0 Å². The average molecular weight is 532 g/mol. The number of unbranched alkanes of at least 4 members (excludes halogenated alkanes) is 1. The Balaban J connectivity index is 1.92. The molecule has 2 aromatic carbocycles. The lowest BCUT2D eigenvalue weighted by Crippen LogP contribution is -2.51. The van der Waals surface area contributed by atoms with Crippen molar-refractivity contribution in [3.63, 3.8) is 0 Å². The molecule has 1 atom stereocenters. The first-order valence-corrected chi connectivity index (χ1v) is 14.3. The van der Waals surface area contributed by atoms with Crippen LogP contribution in [0.5, 0.6) is 11.5 Å². The predicted octanol–water partition coefficient (Wildman–Crippen LogP) is 3.26. The van der Waals surface area contributed by atoms with Crippen LogP contribution >= 0.6 is 0 Å². The van der Waals surface area contributed by atoms with Crippen molar-refractivity contribution in [2.24, 2.45) is 0 Å².